The molecular formula is C20H27FN2O2. The van der Waals surface area contributed by atoms with E-state index in [1.54, 1.807) is 13.0 Å². The van der Waals surface area contributed by atoms with Crippen molar-refractivity contribution in [3.05, 3.63) is 53.6 Å². The Hall–Kier alpha value is -2.14. The van der Waals surface area contributed by atoms with Gasteiger partial charge in [0.25, 0.3) is 0 Å². The maximum atomic E-state index is 13.3. The number of hydrogen-bond acceptors (Lipinski definition) is 3. The molecule has 0 fully saturated rings. The summed E-state index contributed by atoms with van der Waals surface area (Å²) < 4.78 is 20.9. The third kappa shape index (κ3) is 5.16. The monoisotopic (exact) mass is 346 g/mol. The molecule has 4 nitrogen and oxygen atoms in total. The molecule has 1 atom stereocenters. The van der Waals surface area contributed by atoms with Crippen LogP contribution in [0.3, 0.4) is 0 Å². The Kier molecular flexibility index (Phi) is 6.76. The molecular weight excluding hydrogens is 319 g/mol. The summed E-state index contributed by atoms with van der Waals surface area (Å²) in [4.78, 5) is 0. The normalized spacial score (nSPS) is 12.2. The fraction of sp³-hybridized carbons (Fsp3) is 0.450. The van der Waals surface area contributed by atoms with Crippen LogP contribution in [0.15, 0.2) is 31.0 Å². The van der Waals surface area contributed by atoms with Crippen LogP contribution in [0.4, 0.5) is 4.39 Å². The molecule has 1 aromatic heterocycles. The number of nitrogens with zero attached hydrogens (tertiary/aromatic N) is 2. The van der Waals surface area contributed by atoms with Crippen molar-refractivity contribution in [1.29, 1.82) is 0 Å². The summed E-state index contributed by atoms with van der Waals surface area (Å²) in [6.07, 6.45) is 5.09. The molecule has 0 saturated carbocycles. The lowest BCUT2D eigenvalue weighted by molar-refractivity contribution is 0.190. The van der Waals surface area contributed by atoms with Gasteiger partial charge in [-0.3, -0.25) is 4.68 Å². The van der Waals surface area contributed by atoms with E-state index in [2.05, 4.69) is 11.7 Å². The van der Waals surface area contributed by atoms with Crippen LogP contribution in [0.25, 0.3) is 5.57 Å². The molecule has 1 unspecified atom stereocenters. The van der Waals surface area contributed by atoms with Crippen LogP contribution in [-0.2, 0) is 13.5 Å². The molecule has 25 heavy (non-hydrogen) atoms. The lowest BCUT2D eigenvalue weighted by Crippen LogP contribution is -2.03. The number of hydrogen-bond donors (Lipinski definition) is 1. The van der Waals surface area contributed by atoms with Gasteiger partial charge >= 0.3 is 0 Å². The number of halogens is 1. The number of benzene rings is 1. The van der Waals surface area contributed by atoms with Crippen molar-refractivity contribution in [2.24, 2.45) is 7.05 Å². The highest BCUT2D eigenvalue weighted by atomic mass is 19.1. The van der Waals surface area contributed by atoms with Crippen LogP contribution in [0.1, 0.15) is 56.0 Å². The van der Waals surface area contributed by atoms with Crippen LogP contribution < -0.4 is 4.74 Å². The van der Waals surface area contributed by atoms with Gasteiger partial charge in [0.1, 0.15) is 11.6 Å². The van der Waals surface area contributed by atoms with Gasteiger partial charge in [-0.05, 0) is 68.9 Å². The predicted octanol–water partition coefficient (Wildman–Crippen LogP) is 4.44. The van der Waals surface area contributed by atoms with E-state index >= 15 is 0 Å². The fourth-order valence-corrected chi connectivity index (χ4v) is 2.97. The summed E-state index contributed by atoms with van der Waals surface area (Å²) in [7, 11) is 1.93. The van der Waals surface area contributed by atoms with E-state index in [0.29, 0.717) is 17.9 Å². The first kappa shape index (κ1) is 19.2. The number of ether oxygens (including phenoxy) is 1. The smallest absolute Gasteiger partial charge is 0.125 e. The van der Waals surface area contributed by atoms with Gasteiger partial charge in [-0.15, -0.1) is 0 Å². The van der Waals surface area contributed by atoms with Crippen molar-refractivity contribution in [2.45, 2.75) is 45.6 Å². The summed E-state index contributed by atoms with van der Waals surface area (Å²) in [6, 6.07) is 4.25. The Morgan fingerprint density at radius 1 is 1.36 bits per heavy atom. The Morgan fingerprint density at radius 2 is 2.12 bits per heavy atom. The summed E-state index contributed by atoms with van der Waals surface area (Å²) in [5.74, 6) is 0.182. The second-order valence-corrected chi connectivity index (χ2v) is 6.44. The molecule has 0 bridgehead atoms. The van der Waals surface area contributed by atoms with Gasteiger partial charge in [0.2, 0.25) is 0 Å². The number of aliphatic hydroxyl groups excluding tert-OH is 1. The molecule has 0 radical (unpaired) electrons. The minimum atomic E-state index is -0.753. The van der Waals surface area contributed by atoms with Crippen LogP contribution in [-0.4, -0.2) is 21.5 Å². The van der Waals surface area contributed by atoms with Gasteiger partial charge in [-0.2, -0.15) is 5.10 Å². The lowest BCUT2D eigenvalue weighted by Gasteiger charge is -2.13. The predicted molar refractivity (Wildman–Crippen MR) is 98.0 cm³/mol. The van der Waals surface area contributed by atoms with Crippen LogP contribution in [0.2, 0.25) is 0 Å². The van der Waals surface area contributed by atoms with Crippen LogP contribution in [0, 0.1) is 5.82 Å². The Morgan fingerprint density at radius 3 is 2.80 bits per heavy atom. The van der Waals surface area contributed by atoms with E-state index in [0.717, 1.165) is 37.0 Å². The second-order valence-electron chi connectivity index (χ2n) is 6.44. The Bertz CT molecular complexity index is 722. The number of unbranched alkanes of at least 4 members (excludes halogenated alkanes) is 2. The van der Waals surface area contributed by atoms with E-state index in [9.17, 15) is 9.50 Å². The maximum Gasteiger partial charge on any atom is 0.125 e. The largest absolute Gasteiger partial charge is 0.493 e. The zero-order valence-electron chi connectivity index (χ0n) is 15.3. The first-order chi connectivity index (χ1) is 11.9. The summed E-state index contributed by atoms with van der Waals surface area (Å²) >= 11 is 0. The zero-order chi connectivity index (χ0) is 18.4. The van der Waals surface area contributed by atoms with Crippen molar-refractivity contribution in [1.82, 2.24) is 9.78 Å². The molecule has 1 aromatic carbocycles. The third-order valence-electron chi connectivity index (χ3n) is 4.19. The van der Waals surface area contributed by atoms with E-state index in [4.69, 9.17) is 4.74 Å². The van der Waals surface area contributed by atoms with Gasteiger partial charge in [-0.25, -0.2) is 4.39 Å². The topological polar surface area (TPSA) is 47.3 Å². The molecule has 1 N–H and O–H groups in total. The van der Waals surface area contributed by atoms with Crippen molar-refractivity contribution in [2.75, 3.05) is 6.61 Å². The second kappa shape index (κ2) is 8.81. The van der Waals surface area contributed by atoms with E-state index < -0.39 is 6.10 Å². The first-order valence-corrected chi connectivity index (χ1v) is 8.67. The SMILES string of the molecule is C=C(C)c1c(CCCCCOc2ccc(F)cc2C(C)O)cnn1C. The van der Waals surface area contributed by atoms with Crippen LogP contribution in [0.5, 0.6) is 5.75 Å². The average Bonchev–Trinajstić information content (AvgIpc) is 2.92. The highest BCUT2D eigenvalue weighted by Gasteiger charge is 2.11. The molecule has 0 aliphatic rings. The number of aliphatic hydroxyl groups is 1. The van der Waals surface area contributed by atoms with Gasteiger partial charge in [-0.1, -0.05) is 6.58 Å². The molecule has 2 rings (SSSR count). The number of aromatic nitrogens is 2. The molecule has 0 amide bonds. The van der Waals surface area contributed by atoms with Crippen molar-refractivity contribution in [3.8, 4) is 5.75 Å². The van der Waals surface area contributed by atoms with E-state index in [1.807, 2.05) is 24.9 Å². The molecule has 0 saturated heterocycles. The van der Waals surface area contributed by atoms with Gasteiger partial charge in [0.05, 0.1) is 24.6 Å². The third-order valence-corrected chi connectivity index (χ3v) is 4.19. The summed E-state index contributed by atoms with van der Waals surface area (Å²) in [6.45, 7) is 8.16. The molecule has 136 valence electrons. The Balaban J connectivity index is 1.77. The highest BCUT2D eigenvalue weighted by molar-refractivity contribution is 5.61. The van der Waals surface area contributed by atoms with Crippen LogP contribution >= 0.6 is 0 Å². The highest BCUT2D eigenvalue weighted by Crippen LogP contribution is 2.26. The molecule has 5 heteroatoms. The lowest BCUT2D eigenvalue weighted by atomic mass is 10.0. The number of aryl methyl sites for hydroxylation is 2. The molecule has 0 aliphatic carbocycles. The van der Waals surface area contributed by atoms with E-state index in [1.165, 1.54) is 17.7 Å². The van der Waals surface area contributed by atoms with Crippen molar-refractivity contribution in [3.63, 3.8) is 0 Å². The quantitative estimate of drug-likeness (QED) is 0.683. The fourth-order valence-electron chi connectivity index (χ4n) is 2.97. The Labute approximate surface area is 148 Å². The minimum Gasteiger partial charge on any atom is -0.493 e. The number of rotatable bonds is 9. The molecule has 0 spiro atoms. The van der Waals surface area contributed by atoms with Crippen molar-refractivity contribution >= 4 is 5.57 Å². The van der Waals surface area contributed by atoms with Gasteiger partial charge in [0, 0.05) is 12.6 Å². The average molecular weight is 346 g/mol. The molecule has 1 heterocycles. The van der Waals surface area contributed by atoms with E-state index in [-0.39, 0.29) is 5.82 Å². The number of allylic oxidation sites excluding steroid dienone is 1. The zero-order valence-corrected chi connectivity index (χ0v) is 15.3. The summed E-state index contributed by atoms with van der Waals surface area (Å²) in [5, 5.41) is 14.0. The van der Waals surface area contributed by atoms with Gasteiger partial charge < -0.3 is 9.84 Å². The minimum absolute atomic E-state index is 0.368. The maximum absolute atomic E-state index is 13.3. The van der Waals surface area contributed by atoms with Gasteiger partial charge in [0.15, 0.2) is 0 Å². The molecule has 0 aliphatic heterocycles. The van der Waals surface area contributed by atoms with Crippen molar-refractivity contribution < 1.29 is 14.2 Å². The molecule has 2 aromatic rings. The first-order valence-electron chi connectivity index (χ1n) is 8.67. The summed E-state index contributed by atoms with van der Waals surface area (Å²) in [5.41, 5.74) is 3.86. The standard InChI is InChI=1S/C20H27FN2O2/c1-14(2)20-16(13-22-23(20)4)8-6-5-7-11-25-19-10-9-17(21)12-18(19)15(3)24/h9-10,12-13,15,24H,1,5-8,11H2,2-4H3.